The van der Waals surface area contributed by atoms with E-state index in [1.165, 1.54) is 5.56 Å². The maximum absolute atomic E-state index is 12.7. The number of nitrogens with one attached hydrogen (secondary N) is 2. The Bertz CT molecular complexity index is 1320. The van der Waals surface area contributed by atoms with Crippen LogP contribution in [-0.2, 0) is 6.54 Å². The molecule has 0 spiro atoms. The van der Waals surface area contributed by atoms with E-state index in [0.717, 1.165) is 16.8 Å². The first-order chi connectivity index (χ1) is 16.5. The molecule has 1 aromatic heterocycles. The first kappa shape index (κ1) is 22.7. The molecule has 4 N–H and O–H groups in total. The Morgan fingerprint density at radius 1 is 1.00 bits per heavy atom. The Balaban J connectivity index is 1.52. The Morgan fingerprint density at radius 3 is 2.53 bits per heavy atom. The van der Waals surface area contributed by atoms with Crippen LogP contribution in [-0.4, -0.2) is 21.6 Å². The summed E-state index contributed by atoms with van der Waals surface area (Å²) in [6, 6.07) is 25.0. The van der Waals surface area contributed by atoms with Crippen molar-refractivity contribution in [1.29, 1.82) is 0 Å². The highest BCUT2D eigenvalue weighted by atomic mass is 16.1. The van der Waals surface area contributed by atoms with Gasteiger partial charge in [0.25, 0.3) is 5.91 Å². The van der Waals surface area contributed by atoms with Gasteiger partial charge in [-0.3, -0.25) is 10.2 Å². The lowest BCUT2D eigenvalue weighted by atomic mass is 10.1. The van der Waals surface area contributed by atoms with E-state index in [1.54, 1.807) is 18.3 Å². The van der Waals surface area contributed by atoms with Crippen LogP contribution < -0.4 is 16.5 Å². The number of carbonyl (C=O) groups is 1. The zero-order valence-corrected chi connectivity index (χ0v) is 19.1. The monoisotopic (exact) mass is 450 g/mol. The quantitative estimate of drug-likeness (QED) is 0.277. The largest absolute Gasteiger partial charge is 0.382 e. The van der Waals surface area contributed by atoms with Crippen LogP contribution in [0.2, 0.25) is 0 Å². The molecule has 0 fully saturated rings. The minimum Gasteiger partial charge on any atom is -0.382 e. The number of anilines is 2. The van der Waals surface area contributed by atoms with Crippen molar-refractivity contribution in [3.8, 4) is 11.3 Å². The van der Waals surface area contributed by atoms with Gasteiger partial charge >= 0.3 is 0 Å². The van der Waals surface area contributed by atoms with Crippen molar-refractivity contribution in [1.82, 2.24) is 15.3 Å². The molecule has 7 heteroatoms. The molecule has 0 atom stereocenters. The lowest BCUT2D eigenvalue weighted by Gasteiger charge is -2.10. The first-order valence-corrected chi connectivity index (χ1v) is 10.9. The highest BCUT2D eigenvalue weighted by Crippen LogP contribution is 2.21. The van der Waals surface area contributed by atoms with Gasteiger partial charge in [-0.05, 0) is 43.7 Å². The van der Waals surface area contributed by atoms with Gasteiger partial charge in [-0.2, -0.15) is 5.10 Å². The fraction of sp³-hybridized carbons (Fsp3) is 0.111. The number of hydrazone groups is 1. The smallest absolute Gasteiger partial charge is 0.251 e. The Kier molecular flexibility index (Phi) is 6.93. The highest BCUT2D eigenvalue weighted by molar-refractivity contribution is 6.01. The van der Waals surface area contributed by atoms with Gasteiger partial charge in [0.05, 0.1) is 23.3 Å². The number of rotatable bonds is 7. The number of carbonyl (C=O) groups excluding carboxylic acids is 1. The maximum Gasteiger partial charge on any atom is 0.251 e. The van der Waals surface area contributed by atoms with E-state index in [0.29, 0.717) is 29.2 Å². The Hall–Kier alpha value is -4.52. The van der Waals surface area contributed by atoms with E-state index in [-0.39, 0.29) is 11.7 Å². The van der Waals surface area contributed by atoms with Crippen LogP contribution in [0.25, 0.3) is 11.3 Å². The maximum atomic E-state index is 12.7. The second-order valence-electron chi connectivity index (χ2n) is 7.91. The minimum absolute atomic E-state index is 0.158. The van der Waals surface area contributed by atoms with Gasteiger partial charge in [0, 0.05) is 17.7 Å². The number of nitrogens with two attached hydrogens (primary N) is 1. The van der Waals surface area contributed by atoms with Crippen LogP contribution in [0.1, 0.15) is 34.1 Å². The summed E-state index contributed by atoms with van der Waals surface area (Å²) in [5.74, 6) is 0.127. The van der Waals surface area contributed by atoms with Crippen LogP contribution in [0.3, 0.4) is 0 Å². The van der Waals surface area contributed by atoms with Crippen LogP contribution in [0.4, 0.5) is 11.5 Å². The van der Waals surface area contributed by atoms with Gasteiger partial charge in [0.15, 0.2) is 5.82 Å². The van der Waals surface area contributed by atoms with Crippen molar-refractivity contribution in [2.45, 2.75) is 20.4 Å². The predicted molar refractivity (Wildman–Crippen MR) is 137 cm³/mol. The molecule has 0 saturated carbocycles. The number of hydrogen-bond acceptors (Lipinski definition) is 6. The molecule has 0 bridgehead atoms. The molecular formula is C27H26N6O. The van der Waals surface area contributed by atoms with Crippen molar-refractivity contribution in [2.75, 3.05) is 11.2 Å². The average molecular weight is 451 g/mol. The fourth-order valence-electron chi connectivity index (χ4n) is 3.33. The summed E-state index contributed by atoms with van der Waals surface area (Å²) in [6.45, 7) is 4.31. The number of aryl methyl sites for hydroxylation is 1. The molecule has 4 rings (SSSR count). The summed E-state index contributed by atoms with van der Waals surface area (Å²) in [7, 11) is 0. The van der Waals surface area contributed by atoms with Crippen LogP contribution in [0.5, 0.6) is 0 Å². The van der Waals surface area contributed by atoms with Gasteiger partial charge in [0.2, 0.25) is 0 Å². The van der Waals surface area contributed by atoms with Gasteiger partial charge in [-0.25, -0.2) is 9.97 Å². The topological polar surface area (TPSA) is 105 Å². The number of aromatic nitrogens is 2. The standard InChI is InChI=1S/C27H26N6O/c1-18-11-13-23(14-12-18)33-32-19(2)25-26(28)29-17-24(31-25)21-9-6-10-22(15-21)27(34)30-16-20-7-4-3-5-8-20/h3-15,17,33H,16H2,1-2H3,(H2,28,29)(H,30,34). The third kappa shape index (κ3) is 5.63. The summed E-state index contributed by atoms with van der Waals surface area (Å²) >= 11 is 0. The summed E-state index contributed by atoms with van der Waals surface area (Å²) in [5, 5.41) is 7.35. The van der Waals surface area contributed by atoms with Crippen molar-refractivity contribution in [2.24, 2.45) is 5.10 Å². The molecule has 3 aromatic carbocycles. The molecule has 7 nitrogen and oxygen atoms in total. The Morgan fingerprint density at radius 2 is 1.76 bits per heavy atom. The number of amides is 1. The SMILES string of the molecule is CC(=NNc1ccc(C)cc1)c1nc(-c2cccc(C(=O)NCc3ccccc3)c2)cnc1N. The van der Waals surface area contributed by atoms with E-state index in [4.69, 9.17) is 5.73 Å². The minimum atomic E-state index is -0.158. The number of benzene rings is 3. The molecule has 0 unspecified atom stereocenters. The molecule has 0 aliphatic heterocycles. The zero-order chi connectivity index (χ0) is 23.9. The van der Waals surface area contributed by atoms with Crippen molar-refractivity contribution >= 4 is 23.1 Å². The normalized spacial score (nSPS) is 11.2. The Labute approximate surface area is 198 Å². The highest BCUT2D eigenvalue weighted by Gasteiger charge is 2.12. The summed E-state index contributed by atoms with van der Waals surface area (Å²) in [5.41, 5.74) is 15.2. The van der Waals surface area contributed by atoms with Crippen molar-refractivity contribution in [3.05, 3.63) is 107 Å². The lowest BCUT2D eigenvalue weighted by Crippen LogP contribution is -2.22. The molecule has 1 amide bonds. The molecule has 1 heterocycles. The fourth-order valence-corrected chi connectivity index (χ4v) is 3.33. The lowest BCUT2D eigenvalue weighted by molar-refractivity contribution is 0.0951. The number of nitrogen functional groups attached to an aromatic ring is 1. The molecule has 0 saturated heterocycles. The molecule has 0 aliphatic rings. The van der Waals surface area contributed by atoms with Gasteiger partial charge in [0.1, 0.15) is 5.69 Å². The second kappa shape index (κ2) is 10.4. The van der Waals surface area contributed by atoms with E-state index in [2.05, 4.69) is 25.8 Å². The van der Waals surface area contributed by atoms with E-state index in [1.807, 2.05) is 80.6 Å². The second-order valence-corrected chi connectivity index (χ2v) is 7.91. The van der Waals surface area contributed by atoms with Gasteiger partial charge < -0.3 is 11.1 Å². The van der Waals surface area contributed by atoms with E-state index in [9.17, 15) is 4.79 Å². The van der Waals surface area contributed by atoms with E-state index < -0.39 is 0 Å². The molecule has 170 valence electrons. The summed E-state index contributed by atoms with van der Waals surface area (Å²) in [4.78, 5) is 21.6. The third-order valence-corrected chi connectivity index (χ3v) is 5.26. The van der Waals surface area contributed by atoms with E-state index >= 15 is 0 Å². The zero-order valence-electron chi connectivity index (χ0n) is 19.1. The molecule has 34 heavy (non-hydrogen) atoms. The van der Waals surface area contributed by atoms with Crippen LogP contribution in [0, 0.1) is 6.92 Å². The molecular weight excluding hydrogens is 424 g/mol. The van der Waals surface area contributed by atoms with Crippen molar-refractivity contribution < 1.29 is 4.79 Å². The number of nitrogens with zero attached hydrogens (tertiary/aromatic N) is 3. The van der Waals surface area contributed by atoms with Gasteiger partial charge in [-0.15, -0.1) is 0 Å². The molecule has 4 aromatic rings. The summed E-state index contributed by atoms with van der Waals surface area (Å²) < 4.78 is 0. The van der Waals surface area contributed by atoms with Crippen LogP contribution >= 0.6 is 0 Å². The first-order valence-electron chi connectivity index (χ1n) is 10.9. The summed E-state index contributed by atoms with van der Waals surface area (Å²) in [6.07, 6.45) is 1.60. The van der Waals surface area contributed by atoms with Crippen LogP contribution in [0.15, 0.2) is 90.2 Å². The van der Waals surface area contributed by atoms with Gasteiger partial charge in [-0.1, -0.05) is 60.2 Å². The molecule has 0 aliphatic carbocycles. The average Bonchev–Trinajstić information content (AvgIpc) is 2.87. The third-order valence-electron chi connectivity index (χ3n) is 5.26. The predicted octanol–water partition coefficient (Wildman–Crippen LogP) is 4.80. The van der Waals surface area contributed by atoms with Crippen molar-refractivity contribution in [3.63, 3.8) is 0 Å². The number of hydrogen-bond donors (Lipinski definition) is 3. The molecule has 0 radical (unpaired) electrons.